The largest absolute Gasteiger partial charge is 0.508 e. The highest BCUT2D eigenvalue weighted by molar-refractivity contribution is 5.72. The minimum Gasteiger partial charge on any atom is -0.508 e. The summed E-state index contributed by atoms with van der Waals surface area (Å²) in [5.74, 6) is -0.871. The number of carbonyl (C=O) groups is 1. The molecule has 1 aliphatic carbocycles. The smallest absolute Gasteiger partial charge is 0.307 e. The molecule has 1 aliphatic rings. The van der Waals surface area contributed by atoms with Gasteiger partial charge in [0, 0.05) is 11.6 Å². The summed E-state index contributed by atoms with van der Waals surface area (Å²) >= 11 is 0. The molecule has 0 amide bonds. The van der Waals surface area contributed by atoms with Gasteiger partial charge in [0.25, 0.3) is 0 Å². The van der Waals surface area contributed by atoms with E-state index in [1.165, 1.54) is 0 Å². The van der Waals surface area contributed by atoms with E-state index in [4.69, 9.17) is 10.8 Å². The monoisotopic (exact) mass is 207 g/mol. The van der Waals surface area contributed by atoms with E-state index in [9.17, 15) is 9.90 Å². The molecule has 1 atom stereocenters. The lowest BCUT2D eigenvalue weighted by Gasteiger charge is -2.08. The number of rotatable bonds is 2. The fraction of sp³-hybridized carbons (Fsp3) is 0.364. The molecule has 4 heteroatoms. The number of aromatic hydroxyl groups is 1. The van der Waals surface area contributed by atoms with Crippen LogP contribution in [0.25, 0.3) is 0 Å². The summed E-state index contributed by atoms with van der Waals surface area (Å²) in [5.41, 5.74) is 8.31. The number of aliphatic carboxylic acids is 1. The number of phenols is 1. The number of hydrogen-bond acceptors (Lipinski definition) is 3. The first-order valence-electron chi connectivity index (χ1n) is 4.88. The van der Waals surface area contributed by atoms with Crippen molar-refractivity contribution in [3.63, 3.8) is 0 Å². The van der Waals surface area contributed by atoms with Crippen molar-refractivity contribution in [1.82, 2.24) is 0 Å². The average molecular weight is 207 g/mol. The summed E-state index contributed by atoms with van der Waals surface area (Å²) in [4.78, 5) is 10.7. The lowest BCUT2D eigenvalue weighted by atomic mass is 10.00. The molecule has 4 nitrogen and oxygen atoms in total. The van der Waals surface area contributed by atoms with E-state index in [1.54, 1.807) is 6.07 Å². The van der Waals surface area contributed by atoms with E-state index < -0.39 is 5.97 Å². The summed E-state index contributed by atoms with van der Waals surface area (Å²) in [6, 6.07) is 3.42. The van der Waals surface area contributed by atoms with Crippen molar-refractivity contribution in [3.05, 3.63) is 28.8 Å². The van der Waals surface area contributed by atoms with Crippen LogP contribution in [0.5, 0.6) is 5.75 Å². The molecule has 15 heavy (non-hydrogen) atoms. The summed E-state index contributed by atoms with van der Waals surface area (Å²) < 4.78 is 0. The van der Waals surface area contributed by atoms with Crippen LogP contribution in [0, 0.1) is 0 Å². The van der Waals surface area contributed by atoms with Crippen LogP contribution in [-0.4, -0.2) is 22.2 Å². The Bertz CT molecular complexity index is 415. The van der Waals surface area contributed by atoms with Gasteiger partial charge < -0.3 is 15.9 Å². The normalized spacial score (nSPS) is 18.9. The fourth-order valence-electron chi connectivity index (χ4n) is 2.14. The number of carboxylic acid groups (broad SMARTS) is 1. The molecule has 0 aromatic heterocycles. The summed E-state index contributed by atoms with van der Waals surface area (Å²) in [7, 11) is 0. The van der Waals surface area contributed by atoms with E-state index in [0.29, 0.717) is 12.0 Å². The second kappa shape index (κ2) is 3.55. The molecule has 2 rings (SSSR count). The molecule has 1 unspecified atom stereocenters. The molecule has 0 saturated carbocycles. The number of carboxylic acids is 1. The Hall–Kier alpha value is -1.55. The van der Waals surface area contributed by atoms with Crippen molar-refractivity contribution in [3.8, 4) is 5.75 Å². The Balaban J connectivity index is 2.44. The zero-order valence-electron chi connectivity index (χ0n) is 8.23. The van der Waals surface area contributed by atoms with Gasteiger partial charge in [-0.3, -0.25) is 4.79 Å². The molecular formula is C11H13NO3. The second-order valence-electron chi connectivity index (χ2n) is 3.94. The zero-order chi connectivity index (χ0) is 11.0. The topological polar surface area (TPSA) is 83.5 Å². The van der Waals surface area contributed by atoms with Gasteiger partial charge in [-0.2, -0.15) is 0 Å². The molecule has 1 aromatic rings. The van der Waals surface area contributed by atoms with Crippen LogP contribution in [0.2, 0.25) is 0 Å². The third kappa shape index (κ3) is 1.80. The van der Waals surface area contributed by atoms with Gasteiger partial charge in [-0.15, -0.1) is 0 Å². The number of phenolic OH excluding ortho intramolecular Hbond substituents is 1. The van der Waals surface area contributed by atoms with E-state index in [2.05, 4.69) is 0 Å². The molecule has 80 valence electrons. The molecule has 0 aliphatic heterocycles. The van der Waals surface area contributed by atoms with Crippen LogP contribution in [0.3, 0.4) is 0 Å². The number of nitrogens with two attached hydrogens (primary N) is 1. The van der Waals surface area contributed by atoms with Gasteiger partial charge in [0.1, 0.15) is 5.75 Å². The van der Waals surface area contributed by atoms with Crippen LogP contribution < -0.4 is 5.73 Å². The third-order valence-corrected chi connectivity index (χ3v) is 2.78. The van der Waals surface area contributed by atoms with Crippen molar-refractivity contribution in [1.29, 1.82) is 0 Å². The number of hydrogen-bond donors (Lipinski definition) is 3. The molecule has 0 radical (unpaired) electrons. The fourth-order valence-corrected chi connectivity index (χ4v) is 2.14. The van der Waals surface area contributed by atoms with E-state index in [-0.39, 0.29) is 18.2 Å². The maximum Gasteiger partial charge on any atom is 0.307 e. The van der Waals surface area contributed by atoms with Gasteiger partial charge in [-0.25, -0.2) is 0 Å². The maximum absolute atomic E-state index is 10.7. The Morgan fingerprint density at radius 2 is 2.20 bits per heavy atom. The van der Waals surface area contributed by atoms with Crippen molar-refractivity contribution in [2.45, 2.75) is 25.3 Å². The average Bonchev–Trinajstić information content (AvgIpc) is 2.51. The molecule has 4 N–H and O–H groups in total. The third-order valence-electron chi connectivity index (χ3n) is 2.78. The van der Waals surface area contributed by atoms with Gasteiger partial charge in [0.2, 0.25) is 0 Å². The molecule has 0 heterocycles. The SMILES string of the molecule is NC1Cc2ccc(O)c(CC(=O)O)c2C1. The summed E-state index contributed by atoms with van der Waals surface area (Å²) in [6.07, 6.45) is 1.29. The zero-order valence-corrected chi connectivity index (χ0v) is 8.23. The second-order valence-corrected chi connectivity index (χ2v) is 3.94. The predicted octanol–water partition coefficient (Wildman–Crippen LogP) is 0.445. The predicted molar refractivity (Wildman–Crippen MR) is 54.8 cm³/mol. The highest BCUT2D eigenvalue weighted by atomic mass is 16.4. The first kappa shape index (κ1) is 9.98. The van der Waals surface area contributed by atoms with Crippen molar-refractivity contribution in [2.24, 2.45) is 5.73 Å². The molecule has 1 aromatic carbocycles. The van der Waals surface area contributed by atoms with E-state index in [0.717, 1.165) is 17.5 Å². The van der Waals surface area contributed by atoms with Gasteiger partial charge in [-0.1, -0.05) is 6.07 Å². The van der Waals surface area contributed by atoms with Crippen LogP contribution in [0.4, 0.5) is 0 Å². The van der Waals surface area contributed by atoms with Gasteiger partial charge in [-0.05, 0) is 30.0 Å². The number of benzene rings is 1. The lowest BCUT2D eigenvalue weighted by molar-refractivity contribution is -0.136. The number of fused-ring (bicyclic) bond motifs is 1. The minimum atomic E-state index is -0.931. The lowest BCUT2D eigenvalue weighted by Crippen LogP contribution is -2.19. The Kier molecular flexibility index (Phi) is 2.36. The van der Waals surface area contributed by atoms with Crippen molar-refractivity contribution < 1.29 is 15.0 Å². The van der Waals surface area contributed by atoms with Gasteiger partial charge in [0.15, 0.2) is 0 Å². The van der Waals surface area contributed by atoms with Crippen LogP contribution in [-0.2, 0) is 24.1 Å². The molecular weight excluding hydrogens is 194 g/mol. The Labute approximate surface area is 87.3 Å². The standard InChI is InChI=1S/C11H13NO3/c12-7-3-6-1-2-10(13)9(5-11(14)15)8(6)4-7/h1-2,7,13H,3-5,12H2,(H,14,15). The van der Waals surface area contributed by atoms with Gasteiger partial charge in [0.05, 0.1) is 6.42 Å². The highest BCUT2D eigenvalue weighted by Gasteiger charge is 2.23. The van der Waals surface area contributed by atoms with Crippen LogP contribution in [0.15, 0.2) is 12.1 Å². The summed E-state index contributed by atoms with van der Waals surface area (Å²) in [5, 5.41) is 18.4. The van der Waals surface area contributed by atoms with Gasteiger partial charge >= 0.3 is 5.97 Å². The maximum atomic E-state index is 10.7. The van der Waals surface area contributed by atoms with Crippen LogP contribution >= 0.6 is 0 Å². The first-order valence-corrected chi connectivity index (χ1v) is 4.88. The van der Waals surface area contributed by atoms with Crippen molar-refractivity contribution in [2.75, 3.05) is 0 Å². The van der Waals surface area contributed by atoms with Crippen molar-refractivity contribution >= 4 is 5.97 Å². The first-order chi connectivity index (χ1) is 7.08. The molecule has 0 fully saturated rings. The quantitative estimate of drug-likeness (QED) is 0.657. The molecule has 0 spiro atoms. The minimum absolute atomic E-state index is 0.0503. The highest BCUT2D eigenvalue weighted by Crippen LogP contribution is 2.31. The van der Waals surface area contributed by atoms with E-state index >= 15 is 0 Å². The molecule has 0 saturated heterocycles. The summed E-state index contributed by atoms with van der Waals surface area (Å²) in [6.45, 7) is 0. The van der Waals surface area contributed by atoms with E-state index in [1.807, 2.05) is 6.07 Å². The Morgan fingerprint density at radius 3 is 2.87 bits per heavy atom. The Morgan fingerprint density at radius 1 is 1.47 bits per heavy atom. The van der Waals surface area contributed by atoms with Crippen LogP contribution in [0.1, 0.15) is 16.7 Å². The molecule has 0 bridgehead atoms.